The van der Waals surface area contributed by atoms with Crippen molar-refractivity contribution < 1.29 is 0 Å². The highest BCUT2D eigenvalue weighted by Crippen LogP contribution is 2.22. The van der Waals surface area contributed by atoms with Crippen LogP contribution in [0.2, 0.25) is 0 Å². The molecule has 0 saturated heterocycles. The lowest BCUT2D eigenvalue weighted by molar-refractivity contribution is 0.807. The van der Waals surface area contributed by atoms with E-state index in [0.717, 1.165) is 37.9 Å². The maximum atomic E-state index is 5.93. The molecular weight excluding hydrogens is 349 g/mol. The van der Waals surface area contributed by atoms with Gasteiger partial charge in [0.1, 0.15) is 0 Å². The van der Waals surface area contributed by atoms with Gasteiger partial charge in [0.25, 0.3) is 0 Å². The third kappa shape index (κ3) is 5.80. The standard InChI is InChI=1S/C15H25N3.HI/c1-4-7-11-17-15(16)18-14-12(5-2)9-8-10-13(14)6-3;/h8-10H,4-7,11H2,1-3H3,(H3,16,17,18);1H. The summed E-state index contributed by atoms with van der Waals surface area (Å²) in [4.78, 5) is 4.34. The molecule has 0 radical (unpaired) electrons. The first-order chi connectivity index (χ1) is 8.72. The highest BCUT2D eigenvalue weighted by Gasteiger charge is 2.06. The number of guanidine groups is 1. The number of rotatable bonds is 6. The van der Waals surface area contributed by atoms with Crippen molar-refractivity contribution in [3.05, 3.63) is 29.3 Å². The number of unbranched alkanes of at least 4 members (excludes halogenated alkanes) is 1. The first-order valence-electron chi connectivity index (χ1n) is 6.90. The van der Waals surface area contributed by atoms with Crippen LogP contribution in [-0.4, -0.2) is 12.5 Å². The second-order valence-electron chi connectivity index (χ2n) is 4.40. The van der Waals surface area contributed by atoms with E-state index < -0.39 is 0 Å². The van der Waals surface area contributed by atoms with Crippen LogP contribution in [0.3, 0.4) is 0 Å². The minimum atomic E-state index is 0. The summed E-state index contributed by atoms with van der Waals surface area (Å²) in [6.07, 6.45) is 4.22. The molecule has 0 amide bonds. The van der Waals surface area contributed by atoms with Gasteiger partial charge in [0, 0.05) is 12.2 Å². The van der Waals surface area contributed by atoms with Gasteiger partial charge in [0.05, 0.1) is 0 Å². The van der Waals surface area contributed by atoms with Gasteiger partial charge in [-0.25, -0.2) is 0 Å². The molecule has 1 aromatic carbocycles. The van der Waals surface area contributed by atoms with Crippen molar-refractivity contribution in [2.75, 3.05) is 11.9 Å². The van der Waals surface area contributed by atoms with Crippen LogP contribution < -0.4 is 11.1 Å². The molecule has 3 nitrogen and oxygen atoms in total. The predicted octanol–water partition coefficient (Wildman–Crippen LogP) is 3.96. The van der Waals surface area contributed by atoms with Gasteiger partial charge < -0.3 is 11.1 Å². The SMILES string of the molecule is CCCCN=C(N)Nc1c(CC)cccc1CC.I. The van der Waals surface area contributed by atoms with Crippen LogP contribution in [0.1, 0.15) is 44.7 Å². The molecule has 0 aliphatic heterocycles. The van der Waals surface area contributed by atoms with Gasteiger partial charge in [-0.3, -0.25) is 4.99 Å². The molecule has 108 valence electrons. The van der Waals surface area contributed by atoms with E-state index in [4.69, 9.17) is 5.73 Å². The molecule has 0 fully saturated rings. The Morgan fingerprint density at radius 2 is 1.74 bits per heavy atom. The third-order valence-electron chi connectivity index (χ3n) is 3.05. The Morgan fingerprint density at radius 1 is 1.16 bits per heavy atom. The number of aliphatic imine (C=N–C) groups is 1. The Morgan fingerprint density at radius 3 is 2.21 bits per heavy atom. The zero-order valence-electron chi connectivity index (χ0n) is 12.2. The third-order valence-corrected chi connectivity index (χ3v) is 3.05. The average Bonchev–Trinajstić information content (AvgIpc) is 2.39. The minimum Gasteiger partial charge on any atom is -0.370 e. The Balaban J connectivity index is 0.00000324. The van der Waals surface area contributed by atoms with Crippen molar-refractivity contribution in [1.82, 2.24) is 0 Å². The van der Waals surface area contributed by atoms with E-state index >= 15 is 0 Å². The summed E-state index contributed by atoms with van der Waals surface area (Å²) in [6.45, 7) is 7.26. The lowest BCUT2D eigenvalue weighted by Crippen LogP contribution is -2.24. The predicted molar refractivity (Wildman–Crippen MR) is 95.6 cm³/mol. The summed E-state index contributed by atoms with van der Waals surface area (Å²) < 4.78 is 0. The number of nitrogens with one attached hydrogen (secondary N) is 1. The van der Waals surface area contributed by atoms with Crippen molar-refractivity contribution >= 4 is 35.6 Å². The van der Waals surface area contributed by atoms with Gasteiger partial charge in [0.2, 0.25) is 0 Å². The van der Waals surface area contributed by atoms with E-state index in [0.29, 0.717) is 5.96 Å². The van der Waals surface area contributed by atoms with Gasteiger partial charge in [0.15, 0.2) is 5.96 Å². The number of benzene rings is 1. The number of halogens is 1. The Kier molecular flexibility index (Phi) is 9.65. The lowest BCUT2D eigenvalue weighted by Gasteiger charge is -2.14. The molecule has 0 saturated carbocycles. The first kappa shape index (κ1) is 18.2. The minimum absolute atomic E-state index is 0. The number of anilines is 1. The van der Waals surface area contributed by atoms with Gasteiger partial charge >= 0.3 is 0 Å². The maximum absolute atomic E-state index is 5.93. The molecule has 0 atom stereocenters. The van der Waals surface area contributed by atoms with Gasteiger partial charge in [-0.1, -0.05) is 45.4 Å². The number of aryl methyl sites for hydroxylation is 2. The number of hydrogen-bond acceptors (Lipinski definition) is 1. The molecule has 0 heterocycles. The molecule has 19 heavy (non-hydrogen) atoms. The van der Waals surface area contributed by atoms with Crippen LogP contribution >= 0.6 is 24.0 Å². The van der Waals surface area contributed by atoms with E-state index in [9.17, 15) is 0 Å². The van der Waals surface area contributed by atoms with Gasteiger partial charge in [-0.15, -0.1) is 24.0 Å². The summed E-state index contributed by atoms with van der Waals surface area (Å²) in [5, 5.41) is 3.27. The molecule has 0 aliphatic rings. The zero-order valence-corrected chi connectivity index (χ0v) is 14.5. The quantitative estimate of drug-likeness (QED) is 0.342. The topological polar surface area (TPSA) is 50.4 Å². The van der Waals surface area contributed by atoms with Crippen molar-refractivity contribution in [3.63, 3.8) is 0 Å². The van der Waals surface area contributed by atoms with E-state index in [1.165, 1.54) is 11.1 Å². The molecule has 1 rings (SSSR count). The van der Waals surface area contributed by atoms with Crippen molar-refractivity contribution in [2.24, 2.45) is 10.7 Å². The molecule has 1 aromatic rings. The van der Waals surface area contributed by atoms with Crippen LogP contribution in [0.4, 0.5) is 5.69 Å². The molecule has 0 unspecified atom stereocenters. The number of para-hydroxylation sites is 1. The lowest BCUT2D eigenvalue weighted by atomic mass is 10.0. The number of nitrogens with zero attached hydrogens (tertiary/aromatic N) is 1. The van der Waals surface area contributed by atoms with Crippen molar-refractivity contribution in [3.8, 4) is 0 Å². The zero-order chi connectivity index (χ0) is 13.4. The Labute approximate surface area is 134 Å². The second-order valence-corrected chi connectivity index (χ2v) is 4.40. The fourth-order valence-corrected chi connectivity index (χ4v) is 1.93. The summed E-state index contributed by atoms with van der Waals surface area (Å²) in [6, 6.07) is 6.38. The van der Waals surface area contributed by atoms with Crippen LogP contribution in [0, 0.1) is 0 Å². The van der Waals surface area contributed by atoms with E-state index in [1.54, 1.807) is 0 Å². The first-order valence-corrected chi connectivity index (χ1v) is 6.90. The molecule has 3 N–H and O–H groups in total. The number of nitrogens with two attached hydrogens (primary N) is 1. The summed E-state index contributed by atoms with van der Waals surface area (Å²) in [7, 11) is 0. The molecule has 0 bridgehead atoms. The Bertz CT molecular complexity index is 380. The number of hydrogen-bond donors (Lipinski definition) is 2. The smallest absolute Gasteiger partial charge is 0.193 e. The summed E-state index contributed by atoms with van der Waals surface area (Å²) >= 11 is 0. The highest BCUT2D eigenvalue weighted by atomic mass is 127. The Hall–Kier alpha value is -0.780. The normalized spacial score (nSPS) is 11.0. The van der Waals surface area contributed by atoms with Crippen LogP contribution in [-0.2, 0) is 12.8 Å². The van der Waals surface area contributed by atoms with Crippen LogP contribution in [0.25, 0.3) is 0 Å². The van der Waals surface area contributed by atoms with E-state index in [1.807, 2.05) is 0 Å². The highest BCUT2D eigenvalue weighted by molar-refractivity contribution is 14.0. The van der Waals surface area contributed by atoms with Gasteiger partial charge in [-0.2, -0.15) is 0 Å². The van der Waals surface area contributed by atoms with E-state index in [2.05, 4.69) is 49.3 Å². The van der Waals surface area contributed by atoms with Crippen LogP contribution in [0.15, 0.2) is 23.2 Å². The fourth-order valence-electron chi connectivity index (χ4n) is 1.93. The monoisotopic (exact) mass is 375 g/mol. The van der Waals surface area contributed by atoms with Crippen molar-refractivity contribution in [2.45, 2.75) is 46.5 Å². The van der Waals surface area contributed by atoms with Crippen molar-refractivity contribution in [1.29, 1.82) is 0 Å². The van der Waals surface area contributed by atoms with Gasteiger partial charge in [-0.05, 0) is 30.4 Å². The van der Waals surface area contributed by atoms with E-state index in [-0.39, 0.29) is 24.0 Å². The molecular formula is C15H26IN3. The fraction of sp³-hybridized carbons (Fsp3) is 0.533. The summed E-state index contributed by atoms with van der Waals surface area (Å²) in [5.74, 6) is 0.527. The average molecular weight is 375 g/mol. The molecule has 0 aromatic heterocycles. The molecule has 0 aliphatic carbocycles. The maximum Gasteiger partial charge on any atom is 0.193 e. The largest absolute Gasteiger partial charge is 0.370 e. The summed E-state index contributed by atoms with van der Waals surface area (Å²) in [5.41, 5.74) is 9.66. The van der Waals surface area contributed by atoms with Crippen LogP contribution in [0.5, 0.6) is 0 Å². The second kappa shape index (κ2) is 10.1. The molecule has 4 heteroatoms. The molecule has 0 spiro atoms.